The summed E-state index contributed by atoms with van der Waals surface area (Å²) in [6, 6.07) is 47.9. The van der Waals surface area contributed by atoms with Crippen molar-refractivity contribution in [3.05, 3.63) is 133 Å². The Morgan fingerprint density at radius 3 is 2.22 bits per heavy atom. The van der Waals surface area contributed by atoms with E-state index in [-0.39, 0.29) is 12.1 Å². The van der Waals surface area contributed by atoms with E-state index in [4.69, 9.17) is 0 Å². The van der Waals surface area contributed by atoms with Gasteiger partial charge in [-0.1, -0.05) is 99.6 Å². The van der Waals surface area contributed by atoms with E-state index >= 15 is 0 Å². The summed E-state index contributed by atoms with van der Waals surface area (Å²) in [6.45, 7) is 7.19. The molecule has 0 unspecified atom stereocenters. The summed E-state index contributed by atoms with van der Waals surface area (Å²) in [4.78, 5) is 2.51. The highest BCUT2D eigenvalue weighted by Crippen LogP contribution is 2.48. The Kier molecular flexibility index (Phi) is 5.46. The molecule has 0 amide bonds. The van der Waals surface area contributed by atoms with E-state index in [9.17, 15) is 0 Å². The summed E-state index contributed by atoms with van der Waals surface area (Å²) in [5.41, 5.74) is 13.5. The van der Waals surface area contributed by atoms with Crippen LogP contribution in [0.4, 0.5) is 17.1 Å². The van der Waals surface area contributed by atoms with Crippen molar-refractivity contribution in [2.75, 3.05) is 4.90 Å². The maximum Gasteiger partial charge on any atom is 0.260 e. The number of nitrogens with zero attached hydrogens (tertiary/aromatic N) is 1. The number of hydrogen-bond acceptors (Lipinski definition) is 3. The molecule has 2 aliphatic heterocycles. The molecule has 46 heavy (non-hydrogen) atoms. The molecule has 0 radical (unpaired) electrons. The van der Waals surface area contributed by atoms with Gasteiger partial charge >= 0.3 is 0 Å². The van der Waals surface area contributed by atoms with Gasteiger partial charge in [0.2, 0.25) is 0 Å². The fourth-order valence-electron chi connectivity index (χ4n) is 7.88. The molecule has 0 fully saturated rings. The molecule has 10 rings (SSSR count). The van der Waals surface area contributed by atoms with E-state index in [0.29, 0.717) is 0 Å². The van der Waals surface area contributed by atoms with Crippen LogP contribution in [0.2, 0.25) is 0 Å². The van der Waals surface area contributed by atoms with Crippen LogP contribution in [0, 0.1) is 0 Å². The normalized spacial score (nSPS) is 13.5. The van der Waals surface area contributed by atoms with Gasteiger partial charge in [0.1, 0.15) is 0 Å². The minimum Gasteiger partial charge on any atom is -0.311 e. The van der Waals surface area contributed by atoms with Gasteiger partial charge in [-0.2, -0.15) is 0 Å². The first-order chi connectivity index (χ1) is 22.5. The molecule has 0 saturated carbocycles. The molecule has 2 aromatic heterocycles. The van der Waals surface area contributed by atoms with Crippen LogP contribution in [0.3, 0.4) is 0 Å². The van der Waals surface area contributed by atoms with Crippen LogP contribution >= 0.6 is 22.7 Å². The lowest BCUT2D eigenvalue weighted by atomic mass is 9.39. The van der Waals surface area contributed by atoms with Gasteiger partial charge in [0.25, 0.3) is 6.71 Å². The summed E-state index contributed by atoms with van der Waals surface area (Å²) >= 11 is 3.90. The van der Waals surface area contributed by atoms with Gasteiger partial charge in [0, 0.05) is 47.3 Å². The molecule has 0 saturated heterocycles. The first kappa shape index (κ1) is 26.6. The number of thiophene rings is 2. The molecule has 0 N–H and O–H groups in total. The van der Waals surface area contributed by atoms with Crippen molar-refractivity contribution in [3.8, 4) is 22.3 Å². The van der Waals surface area contributed by atoms with Gasteiger partial charge in [0.05, 0.1) is 0 Å². The van der Waals surface area contributed by atoms with Crippen LogP contribution in [-0.4, -0.2) is 6.71 Å². The zero-order valence-electron chi connectivity index (χ0n) is 26.0. The Morgan fingerprint density at radius 1 is 0.587 bits per heavy atom. The van der Waals surface area contributed by atoms with Crippen LogP contribution in [0.5, 0.6) is 0 Å². The maximum atomic E-state index is 2.52. The van der Waals surface area contributed by atoms with E-state index in [1.54, 1.807) is 0 Å². The molecule has 8 aromatic rings. The Hall–Kier alpha value is -4.64. The first-order valence-corrected chi connectivity index (χ1v) is 17.7. The smallest absolute Gasteiger partial charge is 0.260 e. The van der Waals surface area contributed by atoms with Crippen LogP contribution in [0.15, 0.2) is 127 Å². The Balaban J connectivity index is 1.33. The van der Waals surface area contributed by atoms with Crippen molar-refractivity contribution < 1.29 is 0 Å². The molecule has 4 heterocycles. The third-order valence-corrected chi connectivity index (χ3v) is 12.5. The minimum atomic E-state index is 0.0817. The van der Waals surface area contributed by atoms with Gasteiger partial charge < -0.3 is 4.90 Å². The van der Waals surface area contributed by atoms with Gasteiger partial charge in [0.15, 0.2) is 0 Å². The fourth-order valence-corrected chi connectivity index (χ4v) is 10.4. The predicted octanol–water partition coefficient (Wildman–Crippen LogP) is 10.5. The second-order valence-corrected chi connectivity index (χ2v) is 15.8. The Labute approximate surface area is 277 Å². The molecular weight excluding hydrogens is 593 g/mol. The second kappa shape index (κ2) is 9.45. The molecule has 2 aliphatic rings. The summed E-state index contributed by atoms with van der Waals surface area (Å²) in [6.07, 6.45) is 0. The number of fused-ring (bicyclic) bond motifs is 10. The molecule has 0 atom stereocenters. The standard InChI is InChI=1S/C42H30BNS2/c1-42(2,3)26-20-21-37-31(24-26)38-32-22-25(28-15-11-16-30-29-14-7-10-19-36(29)45-40(28)30)23-35-39(32)43(41(38)46-37)33-17-8-9-18-34(33)44(35)27-12-5-4-6-13-27/h4-24H,1-3H3. The van der Waals surface area contributed by atoms with Crippen LogP contribution in [-0.2, 0) is 5.41 Å². The average molecular weight is 624 g/mol. The molecule has 1 nitrogen and oxygen atoms in total. The zero-order valence-corrected chi connectivity index (χ0v) is 27.6. The molecule has 4 heteroatoms. The number of anilines is 3. The van der Waals surface area contributed by atoms with Gasteiger partial charge in [-0.15, -0.1) is 22.7 Å². The average Bonchev–Trinajstić information content (AvgIpc) is 3.74. The second-order valence-electron chi connectivity index (χ2n) is 13.7. The van der Waals surface area contributed by atoms with Crippen LogP contribution < -0.4 is 20.6 Å². The van der Waals surface area contributed by atoms with Gasteiger partial charge in [-0.25, -0.2) is 0 Å². The first-order valence-electron chi connectivity index (χ1n) is 16.1. The van der Waals surface area contributed by atoms with Crippen molar-refractivity contribution in [2.24, 2.45) is 0 Å². The minimum absolute atomic E-state index is 0.0817. The van der Waals surface area contributed by atoms with E-state index in [1.165, 1.54) is 90.8 Å². The molecule has 6 aromatic carbocycles. The predicted molar refractivity (Wildman–Crippen MR) is 204 cm³/mol. The molecule has 0 bridgehead atoms. The summed E-state index contributed by atoms with van der Waals surface area (Å²) < 4.78 is 5.56. The van der Waals surface area contributed by atoms with Crippen molar-refractivity contribution >= 4 is 92.4 Å². The molecule has 0 spiro atoms. The quantitative estimate of drug-likeness (QED) is 0.173. The topological polar surface area (TPSA) is 3.24 Å². The van der Waals surface area contributed by atoms with Crippen LogP contribution in [0.25, 0.3) is 52.5 Å². The van der Waals surface area contributed by atoms with Crippen molar-refractivity contribution in [1.82, 2.24) is 0 Å². The molecule has 0 aliphatic carbocycles. The highest BCUT2D eigenvalue weighted by atomic mass is 32.1. The van der Waals surface area contributed by atoms with Gasteiger partial charge in [-0.3, -0.25) is 0 Å². The van der Waals surface area contributed by atoms with Crippen molar-refractivity contribution in [1.29, 1.82) is 0 Å². The maximum absolute atomic E-state index is 2.52. The zero-order chi connectivity index (χ0) is 30.7. The number of hydrogen-bond donors (Lipinski definition) is 0. The van der Waals surface area contributed by atoms with Gasteiger partial charge in [-0.05, 0) is 97.5 Å². The number of benzene rings is 6. The number of rotatable bonds is 2. The summed E-state index contributed by atoms with van der Waals surface area (Å²) in [5, 5.41) is 4.07. The fraction of sp³-hybridized carbons (Fsp3) is 0.0952. The Morgan fingerprint density at radius 2 is 1.35 bits per heavy atom. The summed E-state index contributed by atoms with van der Waals surface area (Å²) in [7, 11) is 0. The highest BCUT2D eigenvalue weighted by molar-refractivity contribution is 7.34. The summed E-state index contributed by atoms with van der Waals surface area (Å²) in [5.74, 6) is 0. The monoisotopic (exact) mass is 623 g/mol. The number of para-hydroxylation sites is 2. The third kappa shape index (κ3) is 3.63. The largest absolute Gasteiger partial charge is 0.311 e. The van der Waals surface area contributed by atoms with E-state index in [2.05, 4.69) is 153 Å². The Bertz CT molecular complexity index is 2530. The van der Waals surface area contributed by atoms with E-state index in [1.807, 2.05) is 22.7 Å². The van der Waals surface area contributed by atoms with E-state index in [0.717, 1.165) is 0 Å². The lowest BCUT2D eigenvalue weighted by molar-refractivity contribution is 0.591. The SMILES string of the molecule is CC(C)(C)c1ccc2sc3c(c2c1)-c1cc(-c2cccc4c2sc2ccccc24)cc2c1B3c1ccccc1N2c1ccccc1. The van der Waals surface area contributed by atoms with Crippen molar-refractivity contribution in [3.63, 3.8) is 0 Å². The lowest BCUT2D eigenvalue weighted by Crippen LogP contribution is -2.54. The third-order valence-electron chi connectivity index (χ3n) is 10.0. The molecule has 218 valence electrons. The molecular formula is C42H30BNS2. The van der Waals surface area contributed by atoms with E-state index < -0.39 is 0 Å². The highest BCUT2D eigenvalue weighted by Gasteiger charge is 2.44. The van der Waals surface area contributed by atoms with Crippen molar-refractivity contribution in [2.45, 2.75) is 26.2 Å². The lowest BCUT2D eigenvalue weighted by Gasteiger charge is -2.36. The van der Waals surface area contributed by atoms with Crippen LogP contribution in [0.1, 0.15) is 26.3 Å².